The summed E-state index contributed by atoms with van der Waals surface area (Å²) in [6.45, 7) is 17.5. The minimum atomic E-state index is 0.390. The first kappa shape index (κ1) is 17.9. The van der Waals surface area contributed by atoms with Gasteiger partial charge in [0.25, 0.3) is 0 Å². The van der Waals surface area contributed by atoms with E-state index in [9.17, 15) is 0 Å². The van der Waals surface area contributed by atoms with Gasteiger partial charge >= 0.3 is 0 Å². The van der Waals surface area contributed by atoms with Crippen LogP contribution in [0.5, 0.6) is 0 Å². The lowest BCUT2D eigenvalue weighted by molar-refractivity contribution is 0.167. The largest absolute Gasteiger partial charge is 0.315 e. The van der Waals surface area contributed by atoms with Crippen LogP contribution in [0.2, 0.25) is 0 Å². The third-order valence-electron chi connectivity index (χ3n) is 3.70. The monoisotopic (exact) mass is 284 g/mol. The standard InChI is InChI=1S/C16H36N4/c1-16(2,3)15-20-12-6-8-18-10-9-17-7-5-11-19(4)13-14-20/h17-18H,5-15H2,1-4H3. The van der Waals surface area contributed by atoms with E-state index in [4.69, 9.17) is 0 Å². The van der Waals surface area contributed by atoms with Gasteiger partial charge in [-0.15, -0.1) is 0 Å². The van der Waals surface area contributed by atoms with Crippen molar-refractivity contribution in [2.45, 2.75) is 33.6 Å². The molecule has 1 rings (SSSR count). The first-order chi connectivity index (χ1) is 9.47. The summed E-state index contributed by atoms with van der Waals surface area (Å²) >= 11 is 0. The summed E-state index contributed by atoms with van der Waals surface area (Å²) in [5.41, 5.74) is 0.390. The van der Waals surface area contributed by atoms with Gasteiger partial charge in [-0.2, -0.15) is 0 Å². The molecule has 20 heavy (non-hydrogen) atoms. The van der Waals surface area contributed by atoms with Crippen LogP contribution in [0, 0.1) is 5.41 Å². The number of hydrogen-bond donors (Lipinski definition) is 2. The molecule has 0 atom stereocenters. The average Bonchev–Trinajstić information content (AvgIpc) is 2.35. The van der Waals surface area contributed by atoms with Gasteiger partial charge in [0.05, 0.1) is 0 Å². The van der Waals surface area contributed by atoms with Crippen molar-refractivity contribution >= 4 is 0 Å². The average molecular weight is 284 g/mol. The Labute approximate surface area is 126 Å². The summed E-state index contributed by atoms with van der Waals surface area (Å²) in [5.74, 6) is 0. The van der Waals surface area contributed by atoms with Crippen molar-refractivity contribution in [3.63, 3.8) is 0 Å². The Morgan fingerprint density at radius 1 is 0.800 bits per heavy atom. The fourth-order valence-electron chi connectivity index (χ4n) is 2.69. The van der Waals surface area contributed by atoms with Gasteiger partial charge in [0.15, 0.2) is 0 Å². The van der Waals surface area contributed by atoms with Gasteiger partial charge in [-0.05, 0) is 51.5 Å². The van der Waals surface area contributed by atoms with E-state index in [1.165, 1.54) is 45.6 Å². The molecule has 2 N–H and O–H groups in total. The van der Waals surface area contributed by atoms with Crippen LogP contribution < -0.4 is 10.6 Å². The van der Waals surface area contributed by atoms with E-state index in [0.717, 1.165) is 26.2 Å². The van der Waals surface area contributed by atoms with Crippen LogP contribution in [-0.2, 0) is 0 Å². The summed E-state index contributed by atoms with van der Waals surface area (Å²) in [5, 5.41) is 7.03. The molecule has 1 fully saturated rings. The molecule has 0 aromatic heterocycles. The second-order valence-corrected chi connectivity index (χ2v) is 7.35. The van der Waals surface area contributed by atoms with E-state index in [1.807, 2.05) is 0 Å². The molecule has 0 aromatic carbocycles. The molecule has 1 heterocycles. The van der Waals surface area contributed by atoms with E-state index in [2.05, 4.69) is 48.3 Å². The molecule has 0 aromatic rings. The fraction of sp³-hybridized carbons (Fsp3) is 1.00. The van der Waals surface area contributed by atoms with Gasteiger partial charge in [-0.3, -0.25) is 0 Å². The number of likely N-dealkylation sites (N-methyl/N-ethyl adjacent to an activating group) is 1. The highest BCUT2D eigenvalue weighted by Crippen LogP contribution is 2.15. The maximum absolute atomic E-state index is 3.53. The minimum Gasteiger partial charge on any atom is -0.315 e. The van der Waals surface area contributed by atoms with Crippen molar-refractivity contribution in [2.75, 3.05) is 66.0 Å². The van der Waals surface area contributed by atoms with E-state index < -0.39 is 0 Å². The van der Waals surface area contributed by atoms with E-state index in [-0.39, 0.29) is 0 Å². The van der Waals surface area contributed by atoms with Gasteiger partial charge in [0, 0.05) is 32.7 Å². The Balaban J connectivity index is 2.41. The first-order valence-electron chi connectivity index (χ1n) is 8.30. The van der Waals surface area contributed by atoms with Crippen molar-refractivity contribution < 1.29 is 0 Å². The second kappa shape index (κ2) is 9.72. The van der Waals surface area contributed by atoms with Crippen molar-refractivity contribution in [1.29, 1.82) is 0 Å². The predicted octanol–water partition coefficient (Wildman–Crippen LogP) is 1.24. The van der Waals surface area contributed by atoms with E-state index in [1.54, 1.807) is 0 Å². The molecule has 0 radical (unpaired) electrons. The predicted molar refractivity (Wildman–Crippen MR) is 88.4 cm³/mol. The van der Waals surface area contributed by atoms with Crippen LogP contribution >= 0.6 is 0 Å². The molecule has 0 saturated carbocycles. The third kappa shape index (κ3) is 9.70. The molecule has 4 nitrogen and oxygen atoms in total. The molecule has 0 spiro atoms. The Kier molecular flexibility index (Phi) is 8.69. The summed E-state index contributed by atoms with van der Waals surface area (Å²) in [6.07, 6.45) is 2.50. The quantitative estimate of drug-likeness (QED) is 0.758. The minimum absolute atomic E-state index is 0.390. The zero-order valence-electron chi connectivity index (χ0n) is 14.2. The summed E-state index contributed by atoms with van der Waals surface area (Å²) < 4.78 is 0. The molecule has 0 amide bonds. The van der Waals surface area contributed by atoms with Crippen LogP contribution in [0.25, 0.3) is 0 Å². The normalized spacial score (nSPS) is 23.4. The highest BCUT2D eigenvalue weighted by Gasteiger charge is 2.16. The molecular formula is C16H36N4. The molecule has 120 valence electrons. The van der Waals surface area contributed by atoms with Gasteiger partial charge in [0.2, 0.25) is 0 Å². The topological polar surface area (TPSA) is 30.5 Å². The molecule has 0 unspecified atom stereocenters. The van der Waals surface area contributed by atoms with Crippen LogP contribution in [0.3, 0.4) is 0 Å². The smallest absolute Gasteiger partial charge is 0.0109 e. The van der Waals surface area contributed by atoms with Crippen molar-refractivity contribution in [3.05, 3.63) is 0 Å². The lowest BCUT2D eigenvalue weighted by atomic mass is 9.96. The van der Waals surface area contributed by atoms with Crippen LogP contribution in [0.15, 0.2) is 0 Å². The van der Waals surface area contributed by atoms with Gasteiger partial charge in [0.1, 0.15) is 0 Å². The molecule has 0 bridgehead atoms. The number of nitrogens with one attached hydrogen (secondary N) is 2. The Hall–Kier alpha value is -0.160. The Morgan fingerprint density at radius 2 is 1.40 bits per heavy atom. The Morgan fingerprint density at radius 3 is 2.00 bits per heavy atom. The fourth-order valence-corrected chi connectivity index (χ4v) is 2.69. The van der Waals surface area contributed by atoms with Crippen LogP contribution in [-0.4, -0.2) is 75.8 Å². The van der Waals surface area contributed by atoms with Gasteiger partial charge in [-0.1, -0.05) is 20.8 Å². The first-order valence-corrected chi connectivity index (χ1v) is 8.30. The van der Waals surface area contributed by atoms with E-state index >= 15 is 0 Å². The van der Waals surface area contributed by atoms with Crippen molar-refractivity contribution in [2.24, 2.45) is 5.41 Å². The molecule has 1 aliphatic rings. The highest BCUT2D eigenvalue weighted by molar-refractivity contribution is 4.71. The van der Waals surface area contributed by atoms with Crippen molar-refractivity contribution in [3.8, 4) is 0 Å². The number of rotatable bonds is 1. The molecule has 1 aliphatic heterocycles. The third-order valence-corrected chi connectivity index (χ3v) is 3.70. The summed E-state index contributed by atoms with van der Waals surface area (Å²) in [7, 11) is 2.25. The maximum Gasteiger partial charge on any atom is 0.0109 e. The summed E-state index contributed by atoms with van der Waals surface area (Å²) in [6, 6.07) is 0. The van der Waals surface area contributed by atoms with Crippen LogP contribution in [0.4, 0.5) is 0 Å². The van der Waals surface area contributed by atoms with Gasteiger partial charge in [-0.25, -0.2) is 0 Å². The zero-order valence-corrected chi connectivity index (χ0v) is 14.2. The molecule has 1 saturated heterocycles. The lowest BCUT2D eigenvalue weighted by Crippen LogP contribution is -2.40. The zero-order chi connectivity index (χ0) is 14.8. The van der Waals surface area contributed by atoms with Gasteiger partial charge < -0.3 is 20.4 Å². The van der Waals surface area contributed by atoms with Crippen LogP contribution in [0.1, 0.15) is 33.6 Å². The molecule has 0 aliphatic carbocycles. The highest BCUT2D eigenvalue weighted by atomic mass is 15.2. The maximum atomic E-state index is 3.53. The SMILES string of the molecule is CN1CCCNCCNCCCN(CC(C)(C)C)CC1. The molecule has 4 heteroatoms. The Bertz CT molecular complexity index is 237. The second-order valence-electron chi connectivity index (χ2n) is 7.35. The lowest BCUT2D eigenvalue weighted by Gasteiger charge is -2.31. The molecular weight excluding hydrogens is 248 g/mol. The van der Waals surface area contributed by atoms with Crippen molar-refractivity contribution in [1.82, 2.24) is 20.4 Å². The number of hydrogen-bond acceptors (Lipinski definition) is 4. The van der Waals surface area contributed by atoms with E-state index in [0.29, 0.717) is 5.41 Å². The number of nitrogens with zero attached hydrogens (tertiary/aromatic N) is 2. The summed E-state index contributed by atoms with van der Waals surface area (Å²) in [4.78, 5) is 5.11.